The van der Waals surface area contributed by atoms with Crippen molar-refractivity contribution in [1.82, 2.24) is 9.78 Å². The van der Waals surface area contributed by atoms with Crippen LogP contribution in [-0.4, -0.2) is 21.4 Å². The Morgan fingerprint density at radius 3 is 2.68 bits per heavy atom. The predicted octanol–water partition coefficient (Wildman–Crippen LogP) is 4.97. The second-order valence-corrected chi connectivity index (χ2v) is 9.62. The Morgan fingerprint density at radius 1 is 1.11 bits per heavy atom. The molecule has 4 aromatic rings. The minimum absolute atomic E-state index is 0.100. The number of aromatic nitrogens is 2. The maximum Gasteiger partial charge on any atom is 0.235 e. The van der Waals surface area contributed by atoms with Gasteiger partial charge in [-0.2, -0.15) is 0 Å². The third kappa shape index (κ3) is 4.22. The number of benzene rings is 2. The summed E-state index contributed by atoms with van der Waals surface area (Å²) in [5, 5.41) is 8.48. The molecule has 0 aliphatic carbocycles. The number of amides is 1. The van der Waals surface area contributed by atoms with E-state index in [0.717, 1.165) is 14.7 Å². The highest BCUT2D eigenvalue weighted by atomic mass is 32.2. The fourth-order valence-electron chi connectivity index (χ4n) is 2.52. The van der Waals surface area contributed by atoms with Crippen LogP contribution < -0.4 is 10.7 Å². The smallest absolute Gasteiger partial charge is 0.235 e. The van der Waals surface area contributed by atoms with Gasteiger partial charge < -0.3 is 5.32 Å². The molecule has 0 bridgehead atoms. The minimum atomic E-state index is -0.191. The third-order valence-corrected chi connectivity index (χ3v) is 7.14. The molecule has 0 saturated heterocycles. The van der Waals surface area contributed by atoms with Gasteiger partial charge in [-0.15, -0.1) is 16.4 Å². The molecule has 5 nitrogen and oxygen atoms in total. The van der Waals surface area contributed by atoms with Crippen LogP contribution in [-0.2, 0) is 4.79 Å². The quantitative estimate of drug-likeness (QED) is 0.349. The Hall–Kier alpha value is -2.33. The van der Waals surface area contributed by atoms with E-state index in [9.17, 15) is 9.59 Å². The minimum Gasteiger partial charge on any atom is -0.317 e. The van der Waals surface area contributed by atoms with E-state index < -0.39 is 0 Å². The van der Waals surface area contributed by atoms with Gasteiger partial charge in [0.25, 0.3) is 0 Å². The highest BCUT2D eigenvalue weighted by Gasteiger charge is 2.11. The molecule has 2 aromatic heterocycles. The van der Waals surface area contributed by atoms with Crippen LogP contribution in [0.5, 0.6) is 0 Å². The van der Waals surface area contributed by atoms with Crippen molar-refractivity contribution in [1.29, 1.82) is 0 Å². The SMILES string of the molecule is O=C(CSc1nn(-c2ccccc2)c(=S)s1)Nc1cc(=O)c2ccccc2s1. The van der Waals surface area contributed by atoms with E-state index in [0.29, 0.717) is 14.3 Å². The molecule has 0 aliphatic heterocycles. The first-order chi connectivity index (χ1) is 13.6. The van der Waals surface area contributed by atoms with Gasteiger partial charge in [0.05, 0.1) is 16.4 Å². The number of hydrogen-bond acceptors (Lipinski definition) is 7. The topological polar surface area (TPSA) is 64.0 Å². The zero-order valence-corrected chi connectivity index (χ0v) is 17.6. The maximum atomic E-state index is 12.3. The number of fused-ring (bicyclic) bond motifs is 1. The lowest BCUT2D eigenvalue weighted by Gasteiger charge is -2.04. The first-order valence-corrected chi connectivity index (χ1v) is 11.2. The fraction of sp³-hybridized carbons (Fsp3) is 0.0526. The molecular weight excluding hydrogens is 430 g/mol. The van der Waals surface area contributed by atoms with Crippen LogP contribution in [0.15, 0.2) is 69.8 Å². The monoisotopic (exact) mass is 443 g/mol. The normalized spacial score (nSPS) is 10.9. The molecule has 0 atom stereocenters. The standard InChI is InChI=1S/C19H13N3O2S4/c23-14-10-17(27-15-9-5-4-8-13(14)15)20-16(24)11-26-18-21-22(19(25)28-18)12-6-2-1-3-7-12/h1-10H,11H2,(H,20,24). The zero-order valence-electron chi connectivity index (χ0n) is 14.3. The van der Waals surface area contributed by atoms with Crippen LogP contribution in [0.3, 0.4) is 0 Å². The second-order valence-electron chi connectivity index (χ2n) is 5.69. The Balaban J connectivity index is 1.44. The lowest BCUT2D eigenvalue weighted by molar-refractivity contribution is -0.113. The summed E-state index contributed by atoms with van der Waals surface area (Å²) >= 11 is 9.43. The van der Waals surface area contributed by atoms with Crippen LogP contribution >= 0.6 is 46.7 Å². The number of carbonyl (C=O) groups is 1. The van der Waals surface area contributed by atoms with Gasteiger partial charge >= 0.3 is 0 Å². The molecular formula is C19H13N3O2S4. The molecule has 0 radical (unpaired) electrons. The lowest BCUT2D eigenvalue weighted by Crippen LogP contribution is -2.14. The van der Waals surface area contributed by atoms with E-state index in [4.69, 9.17) is 12.2 Å². The Labute approximate surface area is 177 Å². The lowest BCUT2D eigenvalue weighted by atomic mass is 10.2. The summed E-state index contributed by atoms with van der Waals surface area (Å²) in [4.78, 5) is 24.5. The van der Waals surface area contributed by atoms with Crippen LogP contribution in [0.25, 0.3) is 15.8 Å². The summed E-state index contributed by atoms with van der Waals surface area (Å²) in [7, 11) is 0. The summed E-state index contributed by atoms with van der Waals surface area (Å²) < 4.78 is 3.88. The van der Waals surface area contributed by atoms with Crippen molar-refractivity contribution in [3.8, 4) is 5.69 Å². The molecule has 2 aromatic carbocycles. The number of hydrogen-bond donors (Lipinski definition) is 1. The molecule has 0 saturated carbocycles. The van der Waals surface area contributed by atoms with Gasteiger partial charge in [-0.05, 0) is 36.5 Å². The highest BCUT2D eigenvalue weighted by Crippen LogP contribution is 2.26. The Kier molecular flexibility index (Phi) is 5.67. The molecule has 4 rings (SSSR count). The molecule has 0 aliphatic rings. The van der Waals surface area contributed by atoms with E-state index in [1.165, 1.54) is 40.5 Å². The van der Waals surface area contributed by atoms with Gasteiger partial charge in [0.2, 0.25) is 5.91 Å². The number of nitrogens with one attached hydrogen (secondary N) is 1. The maximum absolute atomic E-state index is 12.3. The van der Waals surface area contributed by atoms with Gasteiger partial charge in [-0.3, -0.25) is 9.59 Å². The van der Waals surface area contributed by atoms with Gasteiger partial charge in [0.15, 0.2) is 13.7 Å². The average molecular weight is 444 g/mol. The van der Waals surface area contributed by atoms with E-state index >= 15 is 0 Å². The molecule has 140 valence electrons. The Bertz CT molecular complexity index is 1260. The summed E-state index contributed by atoms with van der Waals surface area (Å²) in [5.74, 6) is -0.00605. The van der Waals surface area contributed by atoms with E-state index in [1.807, 2.05) is 48.5 Å². The molecule has 0 spiro atoms. The first kappa shape index (κ1) is 19.0. The van der Waals surface area contributed by atoms with Crippen LogP contribution in [0.1, 0.15) is 0 Å². The zero-order chi connectivity index (χ0) is 19.5. The number of rotatable bonds is 5. The van der Waals surface area contributed by atoms with Crippen molar-refractivity contribution < 1.29 is 4.79 Å². The van der Waals surface area contributed by atoms with Gasteiger partial charge in [-0.1, -0.05) is 53.4 Å². The number of carbonyl (C=O) groups excluding carboxylic acids is 1. The van der Waals surface area contributed by atoms with Crippen LogP contribution in [0.2, 0.25) is 0 Å². The molecule has 28 heavy (non-hydrogen) atoms. The number of para-hydroxylation sites is 1. The second kappa shape index (κ2) is 8.36. The van der Waals surface area contributed by atoms with E-state index in [1.54, 1.807) is 10.7 Å². The van der Waals surface area contributed by atoms with Crippen molar-refractivity contribution in [3.63, 3.8) is 0 Å². The first-order valence-electron chi connectivity index (χ1n) is 8.21. The number of anilines is 1. The largest absolute Gasteiger partial charge is 0.317 e. The van der Waals surface area contributed by atoms with Crippen molar-refractivity contribution in [3.05, 3.63) is 74.8 Å². The number of nitrogens with zero attached hydrogens (tertiary/aromatic N) is 2. The number of thioether (sulfide) groups is 1. The molecule has 2 heterocycles. The van der Waals surface area contributed by atoms with E-state index in [2.05, 4.69) is 10.4 Å². The molecule has 9 heteroatoms. The van der Waals surface area contributed by atoms with Crippen molar-refractivity contribution in [2.75, 3.05) is 11.1 Å². The summed E-state index contributed by atoms with van der Waals surface area (Å²) in [5.41, 5.74) is 0.790. The van der Waals surface area contributed by atoms with Crippen molar-refractivity contribution >= 4 is 67.6 Å². The molecule has 0 unspecified atom stereocenters. The predicted molar refractivity (Wildman–Crippen MR) is 120 cm³/mol. The average Bonchev–Trinajstić information content (AvgIpc) is 3.08. The van der Waals surface area contributed by atoms with Gasteiger partial charge in [0, 0.05) is 16.2 Å². The fourth-order valence-corrected chi connectivity index (χ4v) is 5.67. The molecule has 1 N–H and O–H groups in total. The Morgan fingerprint density at radius 2 is 1.86 bits per heavy atom. The highest BCUT2D eigenvalue weighted by molar-refractivity contribution is 8.01. The summed E-state index contributed by atoms with van der Waals surface area (Å²) in [6, 6.07) is 18.4. The molecule has 0 fully saturated rings. The van der Waals surface area contributed by atoms with Crippen LogP contribution in [0.4, 0.5) is 5.00 Å². The van der Waals surface area contributed by atoms with Gasteiger partial charge in [-0.25, -0.2) is 4.68 Å². The van der Waals surface area contributed by atoms with Crippen LogP contribution in [0, 0.1) is 3.95 Å². The van der Waals surface area contributed by atoms with E-state index in [-0.39, 0.29) is 17.1 Å². The third-order valence-electron chi connectivity index (χ3n) is 3.75. The van der Waals surface area contributed by atoms with Gasteiger partial charge in [0.1, 0.15) is 0 Å². The summed E-state index contributed by atoms with van der Waals surface area (Å²) in [6.07, 6.45) is 0. The van der Waals surface area contributed by atoms with Crippen molar-refractivity contribution in [2.24, 2.45) is 0 Å². The summed E-state index contributed by atoms with van der Waals surface area (Å²) in [6.45, 7) is 0. The van der Waals surface area contributed by atoms with Crippen molar-refractivity contribution in [2.45, 2.75) is 4.34 Å². The molecule has 1 amide bonds.